The molecule has 6 heteroatoms. The van der Waals surface area contributed by atoms with E-state index in [1.165, 1.54) is 4.31 Å². The predicted octanol–water partition coefficient (Wildman–Crippen LogP) is 1.58. The highest BCUT2D eigenvalue weighted by atomic mass is 32.2. The topological polar surface area (TPSA) is 61.4 Å². The van der Waals surface area contributed by atoms with Crippen molar-refractivity contribution in [3.63, 3.8) is 0 Å². The zero-order valence-corrected chi connectivity index (χ0v) is 14.2. The van der Waals surface area contributed by atoms with Crippen LogP contribution >= 0.6 is 0 Å². The highest BCUT2D eigenvalue weighted by Gasteiger charge is 2.28. The predicted molar refractivity (Wildman–Crippen MR) is 83.8 cm³/mol. The van der Waals surface area contributed by atoms with E-state index in [4.69, 9.17) is 0 Å². The Hall–Kier alpha value is -0.170. The maximum Gasteiger partial charge on any atom is 0.279 e. The lowest BCUT2D eigenvalue weighted by Gasteiger charge is -2.33. The smallest absolute Gasteiger partial charge is 0.279 e. The van der Waals surface area contributed by atoms with Gasteiger partial charge in [-0.3, -0.25) is 0 Å². The zero-order chi connectivity index (χ0) is 15.2. The lowest BCUT2D eigenvalue weighted by Crippen LogP contribution is -2.46. The van der Waals surface area contributed by atoms with Gasteiger partial charge in [-0.05, 0) is 50.6 Å². The SMILES string of the molecule is CCNCCCN(C)S(=O)(=O)NC1CCC(C)C(C)C1. The molecule has 0 aliphatic heterocycles. The molecule has 0 saturated heterocycles. The molecule has 3 atom stereocenters. The van der Waals surface area contributed by atoms with Crippen LogP contribution in [0, 0.1) is 11.8 Å². The molecule has 0 aromatic carbocycles. The van der Waals surface area contributed by atoms with Crippen molar-refractivity contribution in [1.82, 2.24) is 14.3 Å². The molecule has 1 aliphatic carbocycles. The summed E-state index contributed by atoms with van der Waals surface area (Å²) in [5.74, 6) is 1.30. The second-order valence-corrected chi connectivity index (χ2v) is 7.93. The number of nitrogens with one attached hydrogen (secondary N) is 2. The van der Waals surface area contributed by atoms with Gasteiger partial charge in [-0.15, -0.1) is 0 Å². The van der Waals surface area contributed by atoms with E-state index in [1.807, 2.05) is 6.92 Å². The molecule has 20 heavy (non-hydrogen) atoms. The average Bonchev–Trinajstić information content (AvgIpc) is 2.38. The third-order valence-corrected chi connectivity index (χ3v) is 6.04. The molecule has 5 nitrogen and oxygen atoms in total. The van der Waals surface area contributed by atoms with Gasteiger partial charge in [-0.2, -0.15) is 17.4 Å². The third-order valence-electron chi connectivity index (χ3n) is 4.40. The van der Waals surface area contributed by atoms with Gasteiger partial charge >= 0.3 is 0 Å². The van der Waals surface area contributed by atoms with Gasteiger partial charge in [0.2, 0.25) is 0 Å². The van der Waals surface area contributed by atoms with E-state index < -0.39 is 10.2 Å². The summed E-state index contributed by atoms with van der Waals surface area (Å²) in [6, 6.07) is 0.0995. The summed E-state index contributed by atoms with van der Waals surface area (Å²) >= 11 is 0. The van der Waals surface area contributed by atoms with E-state index in [0.717, 1.165) is 38.8 Å². The molecule has 1 aliphatic rings. The van der Waals surface area contributed by atoms with Crippen LogP contribution in [-0.4, -0.2) is 45.4 Å². The average molecular weight is 305 g/mol. The Morgan fingerprint density at radius 1 is 1.20 bits per heavy atom. The first-order chi connectivity index (χ1) is 9.36. The van der Waals surface area contributed by atoms with Crippen LogP contribution in [-0.2, 0) is 10.2 Å². The monoisotopic (exact) mass is 305 g/mol. The van der Waals surface area contributed by atoms with Gasteiger partial charge in [0, 0.05) is 19.6 Å². The van der Waals surface area contributed by atoms with Crippen molar-refractivity contribution >= 4 is 10.2 Å². The Bertz CT molecular complexity index is 373. The summed E-state index contributed by atoms with van der Waals surface area (Å²) in [5.41, 5.74) is 0. The minimum Gasteiger partial charge on any atom is -0.317 e. The molecule has 0 aromatic heterocycles. The molecule has 1 fully saturated rings. The van der Waals surface area contributed by atoms with Crippen molar-refractivity contribution in [2.24, 2.45) is 11.8 Å². The van der Waals surface area contributed by atoms with E-state index in [9.17, 15) is 8.42 Å². The van der Waals surface area contributed by atoms with Crippen LogP contribution in [0.4, 0.5) is 0 Å². The van der Waals surface area contributed by atoms with Crippen molar-refractivity contribution in [2.45, 2.75) is 52.5 Å². The van der Waals surface area contributed by atoms with Crippen LogP contribution in [0.5, 0.6) is 0 Å². The number of hydrogen-bond acceptors (Lipinski definition) is 3. The van der Waals surface area contributed by atoms with Gasteiger partial charge in [0.15, 0.2) is 0 Å². The minimum atomic E-state index is -3.33. The fourth-order valence-electron chi connectivity index (χ4n) is 2.68. The molecule has 3 unspecified atom stereocenters. The second-order valence-electron chi connectivity index (χ2n) is 6.12. The van der Waals surface area contributed by atoms with E-state index in [0.29, 0.717) is 18.4 Å². The quantitative estimate of drug-likeness (QED) is 0.669. The summed E-state index contributed by atoms with van der Waals surface area (Å²) in [6.45, 7) is 8.85. The molecule has 0 radical (unpaired) electrons. The zero-order valence-electron chi connectivity index (χ0n) is 13.4. The summed E-state index contributed by atoms with van der Waals surface area (Å²) in [7, 11) is -1.68. The molecule has 1 rings (SSSR count). The van der Waals surface area contributed by atoms with Crippen molar-refractivity contribution in [1.29, 1.82) is 0 Å². The van der Waals surface area contributed by atoms with E-state index in [-0.39, 0.29) is 6.04 Å². The lowest BCUT2D eigenvalue weighted by molar-refractivity contribution is 0.239. The van der Waals surface area contributed by atoms with Gasteiger partial charge in [0.25, 0.3) is 10.2 Å². The molecule has 2 N–H and O–H groups in total. The minimum absolute atomic E-state index is 0.0995. The fraction of sp³-hybridized carbons (Fsp3) is 1.00. The number of rotatable bonds is 8. The molecule has 0 bridgehead atoms. The van der Waals surface area contributed by atoms with Crippen LogP contribution in [0.25, 0.3) is 0 Å². The molecular formula is C14H31N3O2S. The van der Waals surface area contributed by atoms with E-state index in [1.54, 1.807) is 7.05 Å². The van der Waals surface area contributed by atoms with Crippen LogP contribution < -0.4 is 10.0 Å². The van der Waals surface area contributed by atoms with Crippen LogP contribution in [0.3, 0.4) is 0 Å². The Kier molecular flexibility index (Phi) is 7.43. The maximum absolute atomic E-state index is 12.2. The van der Waals surface area contributed by atoms with E-state index >= 15 is 0 Å². The Labute approximate surface area is 124 Å². The maximum atomic E-state index is 12.2. The largest absolute Gasteiger partial charge is 0.317 e. The van der Waals surface area contributed by atoms with Crippen LogP contribution in [0.15, 0.2) is 0 Å². The third kappa shape index (κ3) is 5.68. The molecule has 0 aromatic rings. The van der Waals surface area contributed by atoms with Crippen molar-refractivity contribution in [3.8, 4) is 0 Å². The molecule has 0 spiro atoms. The van der Waals surface area contributed by atoms with Gasteiger partial charge in [0.05, 0.1) is 0 Å². The Morgan fingerprint density at radius 2 is 1.90 bits per heavy atom. The van der Waals surface area contributed by atoms with Crippen molar-refractivity contribution < 1.29 is 8.42 Å². The summed E-state index contributed by atoms with van der Waals surface area (Å²) < 4.78 is 28.8. The van der Waals surface area contributed by atoms with Gasteiger partial charge in [0.1, 0.15) is 0 Å². The lowest BCUT2D eigenvalue weighted by atomic mass is 9.79. The summed E-state index contributed by atoms with van der Waals surface area (Å²) in [5, 5.41) is 3.21. The highest BCUT2D eigenvalue weighted by Crippen LogP contribution is 2.29. The first kappa shape index (κ1) is 17.9. The number of hydrogen-bond donors (Lipinski definition) is 2. The standard InChI is InChI=1S/C14H31N3O2S/c1-5-15-9-6-10-17(4)20(18,19)16-14-8-7-12(2)13(3)11-14/h12-16H,5-11H2,1-4H3. The first-order valence-corrected chi connectivity index (χ1v) is 9.25. The molecule has 0 amide bonds. The van der Waals surface area contributed by atoms with Crippen LogP contribution in [0.1, 0.15) is 46.5 Å². The Balaban J connectivity index is 2.40. The molecular weight excluding hydrogens is 274 g/mol. The molecule has 1 saturated carbocycles. The van der Waals surface area contributed by atoms with Gasteiger partial charge in [-0.1, -0.05) is 20.8 Å². The second kappa shape index (κ2) is 8.32. The normalized spacial score (nSPS) is 27.9. The molecule has 0 heterocycles. The number of nitrogens with zero attached hydrogens (tertiary/aromatic N) is 1. The van der Waals surface area contributed by atoms with Gasteiger partial charge in [-0.25, -0.2) is 0 Å². The summed E-state index contributed by atoms with van der Waals surface area (Å²) in [4.78, 5) is 0. The summed E-state index contributed by atoms with van der Waals surface area (Å²) in [6.07, 6.45) is 3.85. The van der Waals surface area contributed by atoms with Crippen molar-refractivity contribution in [3.05, 3.63) is 0 Å². The molecule has 120 valence electrons. The van der Waals surface area contributed by atoms with Crippen molar-refractivity contribution in [2.75, 3.05) is 26.7 Å². The first-order valence-electron chi connectivity index (χ1n) is 7.81. The Morgan fingerprint density at radius 3 is 2.50 bits per heavy atom. The highest BCUT2D eigenvalue weighted by molar-refractivity contribution is 7.87. The van der Waals surface area contributed by atoms with E-state index in [2.05, 4.69) is 23.9 Å². The fourth-order valence-corrected chi connectivity index (χ4v) is 3.86. The van der Waals surface area contributed by atoms with Crippen LogP contribution in [0.2, 0.25) is 0 Å². The van der Waals surface area contributed by atoms with Gasteiger partial charge < -0.3 is 5.32 Å².